The second kappa shape index (κ2) is 5.14. The highest BCUT2D eigenvalue weighted by molar-refractivity contribution is 9.10. The number of hydrogen-bond acceptors (Lipinski definition) is 2. The van der Waals surface area contributed by atoms with Crippen LogP contribution in [0.4, 0.5) is 5.69 Å². The molecule has 0 unspecified atom stereocenters. The molecule has 3 rings (SSSR count). The Morgan fingerprint density at radius 3 is 2.80 bits per heavy atom. The molecular formula is C14H12BrClN2O2. The molecule has 1 amide bonds. The quantitative estimate of drug-likeness (QED) is 0.811. The molecule has 0 spiro atoms. The van der Waals surface area contributed by atoms with Crippen molar-refractivity contribution in [2.75, 3.05) is 5.32 Å². The summed E-state index contributed by atoms with van der Waals surface area (Å²) in [5.41, 5.74) is 1.08. The van der Waals surface area contributed by atoms with Crippen molar-refractivity contribution in [3.63, 3.8) is 0 Å². The molecule has 6 heteroatoms. The molecule has 1 aliphatic carbocycles. The van der Waals surface area contributed by atoms with Crippen LogP contribution in [0.15, 0.2) is 34.9 Å². The van der Waals surface area contributed by atoms with Crippen molar-refractivity contribution in [2.45, 2.75) is 18.9 Å². The topological polar surface area (TPSA) is 54.3 Å². The molecule has 0 saturated heterocycles. The fourth-order valence-electron chi connectivity index (χ4n) is 2.07. The van der Waals surface area contributed by atoms with E-state index in [1.54, 1.807) is 12.1 Å². The van der Waals surface area contributed by atoms with E-state index in [1.807, 2.05) is 10.8 Å². The number of rotatable bonds is 3. The predicted molar refractivity (Wildman–Crippen MR) is 81.5 cm³/mol. The largest absolute Gasteiger partial charge is 0.508 e. The van der Waals surface area contributed by atoms with Crippen LogP contribution in [0.1, 0.15) is 29.4 Å². The molecule has 104 valence electrons. The maximum absolute atomic E-state index is 12.3. The second-order valence-electron chi connectivity index (χ2n) is 4.80. The first-order valence-electron chi connectivity index (χ1n) is 6.22. The Kier molecular flexibility index (Phi) is 3.48. The molecule has 1 saturated carbocycles. The minimum absolute atomic E-state index is 0.0668. The summed E-state index contributed by atoms with van der Waals surface area (Å²) in [4.78, 5) is 12.3. The standard InChI is InChI=1S/C14H12BrClN2O2/c15-8-5-13(18(7-8)9-1-2-9)14(20)17-12-4-3-10(19)6-11(12)16/h3-7,9,19H,1-2H2,(H,17,20). The zero-order valence-corrected chi connectivity index (χ0v) is 12.8. The van der Waals surface area contributed by atoms with E-state index in [1.165, 1.54) is 12.1 Å². The highest BCUT2D eigenvalue weighted by Gasteiger charge is 2.27. The molecule has 2 aromatic rings. The molecule has 1 aromatic carbocycles. The lowest BCUT2D eigenvalue weighted by atomic mass is 10.3. The third-order valence-corrected chi connectivity index (χ3v) is 3.94. The van der Waals surface area contributed by atoms with E-state index in [-0.39, 0.29) is 11.7 Å². The number of nitrogens with zero attached hydrogens (tertiary/aromatic N) is 1. The van der Waals surface area contributed by atoms with Gasteiger partial charge in [-0.05, 0) is 47.0 Å². The summed E-state index contributed by atoms with van der Waals surface area (Å²) in [5.74, 6) is -0.146. The smallest absolute Gasteiger partial charge is 0.272 e. The number of amides is 1. The van der Waals surface area contributed by atoms with Gasteiger partial charge in [0.1, 0.15) is 11.4 Å². The molecule has 1 heterocycles. The maximum Gasteiger partial charge on any atom is 0.272 e. The third kappa shape index (κ3) is 2.69. The molecule has 20 heavy (non-hydrogen) atoms. The molecule has 0 radical (unpaired) electrons. The van der Waals surface area contributed by atoms with Gasteiger partial charge >= 0.3 is 0 Å². The molecule has 0 aliphatic heterocycles. The number of benzene rings is 1. The van der Waals surface area contributed by atoms with E-state index in [9.17, 15) is 9.90 Å². The predicted octanol–water partition coefficient (Wildman–Crippen LogP) is 4.20. The van der Waals surface area contributed by atoms with Crippen LogP contribution in [0, 0.1) is 0 Å². The number of anilines is 1. The summed E-state index contributed by atoms with van der Waals surface area (Å²) in [6.45, 7) is 0. The lowest BCUT2D eigenvalue weighted by Gasteiger charge is -2.10. The minimum atomic E-state index is -0.213. The highest BCUT2D eigenvalue weighted by Crippen LogP contribution is 2.37. The first-order valence-corrected chi connectivity index (χ1v) is 7.39. The fourth-order valence-corrected chi connectivity index (χ4v) is 2.73. The van der Waals surface area contributed by atoms with E-state index in [0.717, 1.165) is 17.3 Å². The van der Waals surface area contributed by atoms with Crippen molar-refractivity contribution in [2.24, 2.45) is 0 Å². The van der Waals surface area contributed by atoms with Crippen LogP contribution in [0.2, 0.25) is 5.02 Å². The van der Waals surface area contributed by atoms with Gasteiger partial charge in [-0.15, -0.1) is 0 Å². The summed E-state index contributed by atoms with van der Waals surface area (Å²) >= 11 is 9.39. The van der Waals surface area contributed by atoms with Crippen molar-refractivity contribution >= 4 is 39.1 Å². The van der Waals surface area contributed by atoms with Crippen LogP contribution in [-0.4, -0.2) is 15.6 Å². The summed E-state index contributed by atoms with van der Waals surface area (Å²) in [5, 5.41) is 12.4. The zero-order chi connectivity index (χ0) is 14.3. The van der Waals surface area contributed by atoms with Crippen molar-refractivity contribution in [3.05, 3.63) is 45.7 Å². The number of aromatic hydroxyl groups is 1. The Morgan fingerprint density at radius 2 is 2.15 bits per heavy atom. The number of carbonyl (C=O) groups is 1. The van der Waals surface area contributed by atoms with Gasteiger partial charge in [0.05, 0.1) is 10.7 Å². The van der Waals surface area contributed by atoms with Crippen LogP contribution in [0.25, 0.3) is 0 Å². The average molecular weight is 356 g/mol. The van der Waals surface area contributed by atoms with Crippen LogP contribution in [0.5, 0.6) is 5.75 Å². The third-order valence-electron chi connectivity index (χ3n) is 3.19. The van der Waals surface area contributed by atoms with Crippen LogP contribution in [-0.2, 0) is 0 Å². The minimum Gasteiger partial charge on any atom is -0.508 e. The molecule has 0 atom stereocenters. The Balaban J connectivity index is 1.86. The first-order chi connectivity index (χ1) is 9.54. The summed E-state index contributed by atoms with van der Waals surface area (Å²) < 4.78 is 2.86. The van der Waals surface area contributed by atoms with Crippen molar-refractivity contribution in [1.29, 1.82) is 0 Å². The molecule has 0 bridgehead atoms. The maximum atomic E-state index is 12.3. The van der Waals surface area contributed by atoms with Gasteiger partial charge in [0.15, 0.2) is 0 Å². The van der Waals surface area contributed by atoms with Gasteiger partial charge in [-0.1, -0.05) is 11.6 Å². The Morgan fingerprint density at radius 1 is 1.40 bits per heavy atom. The molecule has 1 aromatic heterocycles. The van der Waals surface area contributed by atoms with Crippen molar-refractivity contribution < 1.29 is 9.90 Å². The molecular weight excluding hydrogens is 344 g/mol. The highest BCUT2D eigenvalue weighted by atomic mass is 79.9. The monoisotopic (exact) mass is 354 g/mol. The summed E-state index contributed by atoms with van der Waals surface area (Å²) in [6.07, 6.45) is 4.12. The molecule has 1 fully saturated rings. The van der Waals surface area contributed by atoms with Gasteiger partial charge in [-0.3, -0.25) is 4.79 Å². The molecule has 1 aliphatic rings. The van der Waals surface area contributed by atoms with E-state index >= 15 is 0 Å². The lowest BCUT2D eigenvalue weighted by Crippen LogP contribution is -2.16. The van der Waals surface area contributed by atoms with Gasteiger partial charge in [0.25, 0.3) is 5.91 Å². The lowest BCUT2D eigenvalue weighted by molar-refractivity contribution is 0.101. The summed E-state index contributed by atoms with van der Waals surface area (Å²) in [7, 11) is 0. The molecule has 2 N–H and O–H groups in total. The number of carbonyl (C=O) groups excluding carboxylic acids is 1. The number of nitrogens with one attached hydrogen (secondary N) is 1. The summed E-state index contributed by atoms with van der Waals surface area (Å²) in [6, 6.07) is 6.67. The van der Waals surface area contributed by atoms with E-state index in [2.05, 4.69) is 21.2 Å². The van der Waals surface area contributed by atoms with Crippen molar-refractivity contribution in [3.8, 4) is 5.75 Å². The van der Waals surface area contributed by atoms with Gasteiger partial charge in [-0.2, -0.15) is 0 Å². The van der Waals surface area contributed by atoms with Gasteiger partial charge < -0.3 is 15.0 Å². The number of phenols is 1. The van der Waals surface area contributed by atoms with Crippen LogP contribution in [0.3, 0.4) is 0 Å². The second-order valence-corrected chi connectivity index (χ2v) is 6.12. The number of halogens is 2. The van der Waals surface area contributed by atoms with E-state index in [4.69, 9.17) is 11.6 Å². The van der Waals surface area contributed by atoms with Gasteiger partial charge in [-0.25, -0.2) is 0 Å². The Bertz CT molecular complexity index is 680. The van der Waals surface area contributed by atoms with Gasteiger partial charge in [0, 0.05) is 22.8 Å². The normalized spacial score (nSPS) is 14.3. The molecule has 4 nitrogen and oxygen atoms in total. The number of phenolic OH excluding ortho intramolecular Hbond substituents is 1. The number of hydrogen-bond donors (Lipinski definition) is 2. The van der Waals surface area contributed by atoms with Gasteiger partial charge in [0.2, 0.25) is 0 Å². The van der Waals surface area contributed by atoms with Crippen LogP contribution < -0.4 is 5.32 Å². The van der Waals surface area contributed by atoms with E-state index in [0.29, 0.717) is 22.4 Å². The number of aromatic nitrogens is 1. The van der Waals surface area contributed by atoms with E-state index < -0.39 is 0 Å². The SMILES string of the molecule is O=C(Nc1ccc(O)cc1Cl)c1cc(Br)cn1C1CC1. The Labute approximate surface area is 129 Å². The Hall–Kier alpha value is -1.46. The van der Waals surface area contributed by atoms with Crippen molar-refractivity contribution in [1.82, 2.24) is 4.57 Å². The zero-order valence-electron chi connectivity index (χ0n) is 10.4. The first kappa shape index (κ1) is 13.5. The average Bonchev–Trinajstić information content (AvgIpc) is 3.16. The van der Waals surface area contributed by atoms with Crippen LogP contribution >= 0.6 is 27.5 Å². The fraction of sp³-hybridized carbons (Fsp3) is 0.214.